The Morgan fingerprint density at radius 1 is 1.35 bits per heavy atom. The van der Waals surface area contributed by atoms with Crippen molar-refractivity contribution in [2.24, 2.45) is 5.92 Å². The van der Waals surface area contributed by atoms with Gasteiger partial charge in [0.1, 0.15) is 0 Å². The van der Waals surface area contributed by atoms with E-state index in [4.69, 9.17) is 17.3 Å². The minimum Gasteiger partial charge on any atom is -0.368 e. The summed E-state index contributed by atoms with van der Waals surface area (Å²) >= 11 is 5.70. The monoisotopic (exact) mass is 256 g/mol. The summed E-state index contributed by atoms with van der Waals surface area (Å²) in [5.41, 5.74) is 5.49. The lowest BCUT2D eigenvalue weighted by atomic mass is 9.97. The predicted molar refractivity (Wildman–Crippen MR) is 68.0 cm³/mol. The van der Waals surface area contributed by atoms with Crippen LogP contribution in [0.3, 0.4) is 0 Å². The quantitative estimate of drug-likeness (QED) is 0.835. The zero-order chi connectivity index (χ0) is 12.3. The van der Waals surface area contributed by atoms with Crippen molar-refractivity contribution in [3.63, 3.8) is 0 Å². The fourth-order valence-electron chi connectivity index (χ4n) is 1.95. The average Bonchev–Trinajstić information content (AvgIpc) is 2.27. The molecule has 6 nitrogen and oxygen atoms in total. The Kier molecular flexibility index (Phi) is 3.96. The summed E-state index contributed by atoms with van der Waals surface area (Å²) in [4.78, 5) is 14.0. The van der Waals surface area contributed by atoms with Crippen molar-refractivity contribution in [2.45, 2.75) is 12.8 Å². The van der Waals surface area contributed by atoms with Crippen LogP contribution in [0, 0.1) is 5.92 Å². The van der Waals surface area contributed by atoms with Gasteiger partial charge in [-0.15, -0.1) is 0 Å². The summed E-state index contributed by atoms with van der Waals surface area (Å²) < 4.78 is 0. The van der Waals surface area contributed by atoms with Crippen molar-refractivity contribution in [1.82, 2.24) is 19.9 Å². The average molecular weight is 257 g/mol. The lowest BCUT2D eigenvalue weighted by Crippen LogP contribution is -2.33. The maximum atomic E-state index is 5.70. The number of piperidine rings is 1. The molecule has 0 aliphatic carbocycles. The van der Waals surface area contributed by atoms with Crippen molar-refractivity contribution in [1.29, 1.82) is 0 Å². The van der Waals surface area contributed by atoms with Gasteiger partial charge >= 0.3 is 0 Å². The van der Waals surface area contributed by atoms with E-state index >= 15 is 0 Å². The lowest BCUT2D eigenvalue weighted by molar-refractivity contribution is 0.226. The third kappa shape index (κ3) is 3.67. The van der Waals surface area contributed by atoms with Crippen molar-refractivity contribution in [3.05, 3.63) is 5.28 Å². The number of hydrogen-bond acceptors (Lipinski definition) is 6. The molecular weight excluding hydrogens is 240 g/mol. The number of nitrogens with zero attached hydrogens (tertiary/aromatic N) is 4. The fraction of sp³-hybridized carbons (Fsp3) is 0.700. The summed E-state index contributed by atoms with van der Waals surface area (Å²) in [7, 11) is 2.15. The molecule has 0 bridgehead atoms. The molecule has 0 amide bonds. The van der Waals surface area contributed by atoms with Gasteiger partial charge in [0.15, 0.2) is 0 Å². The zero-order valence-corrected chi connectivity index (χ0v) is 10.6. The molecule has 0 spiro atoms. The number of likely N-dealkylation sites (tertiary alicyclic amines) is 1. The second kappa shape index (κ2) is 5.46. The number of aromatic nitrogens is 3. The molecular formula is C10H17ClN6. The number of nitrogens with two attached hydrogens (primary N) is 1. The fourth-order valence-corrected chi connectivity index (χ4v) is 2.11. The van der Waals surface area contributed by atoms with Crippen LogP contribution in [-0.2, 0) is 0 Å². The predicted octanol–water partition coefficient (Wildman–Crippen LogP) is 0.861. The molecule has 17 heavy (non-hydrogen) atoms. The summed E-state index contributed by atoms with van der Waals surface area (Å²) in [5, 5.41) is 3.29. The van der Waals surface area contributed by atoms with Crippen LogP contribution in [0.1, 0.15) is 12.8 Å². The van der Waals surface area contributed by atoms with E-state index in [0.717, 1.165) is 19.6 Å². The normalized spacial score (nSPS) is 18.2. The highest BCUT2D eigenvalue weighted by Crippen LogP contribution is 2.16. The topological polar surface area (TPSA) is 80.0 Å². The molecule has 0 unspecified atom stereocenters. The molecule has 1 aromatic heterocycles. The molecule has 1 aromatic rings. The zero-order valence-electron chi connectivity index (χ0n) is 9.86. The van der Waals surface area contributed by atoms with Crippen LogP contribution < -0.4 is 11.1 Å². The highest BCUT2D eigenvalue weighted by atomic mass is 35.5. The SMILES string of the molecule is CN1CCC(CNc2nc(N)nc(Cl)n2)CC1. The number of anilines is 2. The minimum atomic E-state index is 0.128. The number of nitrogens with one attached hydrogen (secondary N) is 1. The second-order valence-electron chi connectivity index (χ2n) is 4.41. The highest BCUT2D eigenvalue weighted by molar-refractivity contribution is 6.28. The number of halogens is 1. The first-order valence-electron chi connectivity index (χ1n) is 5.73. The van der Waals surface area contributed by atoms with Gasteiger partial charge in [-0.25, -0.2) is 0 Å². The van der Waals surface area contributed by atoms with E-state index in [1.807, 2.05) is 0 Å². The molecule has 2 rings (SSSR count). The molecule has 1 aliphatic rings. The number of rotatable bonds is 3. The van der Waals surface area contributed by atoms with Crippen molar-refractivity contribution in [2.75, 3.05) is 37.7 Å². The van der Waals surface area contributed by atoms with Gasteiger partial charge in [0.2, 0.25) is 17.2 Å². The van der Waals surface area contributed by atoms with Crippen LogP contribution in [0.2, 0.25) is 5.28 Å². The van der Waals surface area contributed by atoms with Crippen molar-refractivity contribution in [3.8, 4) is 0 Å². The minimum absolute atomic E-state index is 0.128. The van der Waals surface area contributed by atoms with Crippen LogP contribution in [-0.4, -0.2) is 46.5 Å². The Balaban J connectivity index is 1.85. The Morgan fingerprint density at radius 3 is 2.71 bits per heavy atom. The Labute approximate surface area is 106 Å². The van der Waals surface area contributed by atoms with Gasteiger partial charge in [-0.3, -0.25) is 0 Å². The summed E-state index contributed by atoms with van der Waals surface area (Å²) in [6.07, 6.45) is 2.38. The van der Waals surface area contributed by atoms with Gasteiger partial charge in [-0.2, -0.15) is 15.0 Å². The standard InChI is InChI=1S/C10H17ClN6/c1-17-4-2-7(3-5-17)6-13-10-15-8(11)14-9(12)16-10/h7H,2-6H2,1H3,(H3,12,13,14,15,16). The van der Waals surface area contributed by atoms with E-state index in [2.05, 4.69) is 32.2 Å². The molecule has 0 radical (unpaired) electrons. The van der Waals surface area contributed by atoms with E-state index < -0.39 is 0 Å². The third-order valence-electron chi connectivity index (χ3n) is 3.01. The Hall–Kier alpha value is -1.14. The molecule has 0 saturated carbocycles. The Morgan fingerprint density at radius 2 is 2.06 bits per heavy atom. The lowest BCUT2D eigenvalue weighted by Gasteiger charge is -2.28. The molecule has 94 valence electrons. The molecule has 0 aromatic carbocycles. The van der Waals surface area contributed by atoms with Crippen LogP contribution in [0.15, 0.2) is 0 Å². The molecule has 1 saturated heterocycles. The van der Waals surface area contributed by atoms with E-state index in [1.54, 1.807) is 0 Å². The molecule has 3 N–H and O–H groups in total. The molecule has 0 atom stereocenters. The Bertz CT molecular complexity index is 357. The van der Waals surface area contributed by atoms with Gasteiger partial charge in [-0.05, 0) is 50.5 Å². The van der Waals surface area contributed by atoms with Gasteiger partial charge in [0, 0.05) is 6.54 Å². The smallest absolute Gasteiger partial charge is 0.228 e. The van der Waals surface area contributed by atoms with Crippen LogP contribution in [0.25, 0.3) is 0 Å². The van der Waals surface area contributed by atoms with Crippen LogP contribution in [0.5, 0.6) is 0 Å². The van der Waals surface area contributed by atoms with Gasteiger partial charge in [0.25, 0.3) is 0 Å². The summed E-state index contributed by atoms with van der Waals surface area (Å²) in [5.74, 6) is 1.26. The summed E-state index contributed by atoms with van der Waals surface area (Å²) in [6, 6.07) is 0. The van der Waals surface area contributed by atoms with Crippen molar-refractivity contribution < 1.29 is 0 Å². The largest absolute Gasteiger partial charge is 0.368 e. The van der Waals surface area contributed by atoms with Crippen LogP contribution in [0.4, 0.5) is 11.9 Å². The van der Waals surface area contributed by atoms with Crippen molar-refractivity contribution >= 4 is 23.5 Å². The van der Waals surface area contributed by atoms with E-state index in [9.17, 15) is 0 Å². The first kappa shape index (κ1) is 12.3. The van der Waals surface area contributed by atoms with Crippen LogP contribution >= 0.6 is 11.6 Å². The number of hydrogen-bond donors (Lipinski definition) is 2. The first-order valence-corrected chi connectivity index (χ1v) is 6.11. The third-order valence-corrected chi connectivity index (χ3v) is 3.18. The van der Waals surface area contributed by atoms with Gasteiger partial charge in [-0.1, -0.05) is 0 Å². The van der Waals surface area contributed by atoms with E-state index in [0.29, 0.717) is 11.9 Å². The maximum absolute atomic E-state index is 5.70. The molecule has 2 heterocycles. The number of nitrogen functional groups attached to an aromatic ring is 1. The van der Waals surface area contributed by atoms with E-state index in [1.165, 1.54) is 12.8 Å². The molecule has 1 aliphatic heterocycles. The van der Waals surface area contributed by atoms with Gasteiger partial charge < -0.3 is 16.0 Å². The van der Waals surface area contributed by atoms with Gasteiger partial charge in [0.05, 0.1) is 0 Å². The molecule has 7 heteroatoms. The second-order valence-corrected chi connectivity index (χ2v) is 4.75. The molecule has 1 fully saturated rings. The maximum Gasteiger partial charge on any atom is 0.228 e. The highest BCUT2D eigenvalue weighted by Gasteiger charge is 2.16. The van der Waals surface area contributed by atoms with E-state index in [-0.39, 0.29) is 11.2 Å². The summed E-state index contributed by atoms with van der Waals surface area (Å²) in [6.45, 7) is 3.15. The first-order chi connectivity index (χ1) is 8.13.